The van der Waals surface area contributed by atoms with Crippen molar-refractivity contribution in [2.45, 2.75) is 37.3 Å². The van der Waals surface area contributed by atoms with Gasteiger partial charge >= 0.3 is 18.4 Å². The van der Waals surface area contributed by atoms with Crippen LogP contribution in [0.5, 0.6) is 0 Å². The Kier molecular flexibility index (Phi) is 6.89. The van der Waals surface area contributed by atoms with Crippen molar-refractivity contribution in [3.63, 3.8) is 0 Å². The lowest BCUT2D eigenvalue weighted by molar-refractivity contribution is -0.143. The summed E-state index contributed by atoms with van der Waals surface area (Å²) in [6, 6.07) is 12.3. The molecule has 0 bridgehead atoms. The number of benzene rings is 2. The van der Waals surface area contributed by atoms with Gasteiger partial charge in [-0.15, -0.1) is 11.3 Å². The molecule has 0 saturated carbocycles. The molecule has 5 rings (SSSR count). The summed E-state index contributed by atoms with van der Waals surface area (Å²) in [5, 5.41) is 1.81. The van der Waals surface area contributed by atoms with Crippen LogP contribution in [0.15, 0.2) is 66.0 Å². The van der Waals surface area contributed by atoms with Crippen molar-refractivity contribution in [1.82, 2.24) is 9.80 Å². The van der Waals surface area contributed by atoms with E-state index in [0.717, 1.165) is 14.7 Å². The highest BCUT2D eigenvalue weighted by Gasteiger charge is 2.59. The number of para-hydroxylation sites is 1. The van der Waals surface area contributed by atoms with Crippen molar-refractivity contribution in [2.24, 2.45) is 0 Å². The molecule has 210 valence electrons. The Balaban J connectivity index is 1.44. The largest absolute Gasteiger partial charge is 0.416 e. The predicted octanol–water partition coefficient (Wildman–Crippen LogP) is 6.43. The summed E-state index contributed by atoms with van der Waals surface area (Å²) in [5.74, 6) is -1.50. The lowest BCUT2D eigenvalue weighted by atomic mass is 9.85. The zero-order valence-electron chi connectivity index (χ0n) is 20.6. The van der Waals surface area contributed by atoms with Crippen LogP contribution in [0.25, 0.3) is 0 Å². The van der Waals surface area contributed by atoms with Gasteiger partial charge in [0.1, 0.15) is 5.54 Å². The highest BCUT2D eigenvalue weighted by atomic mass is 32.1. The number of urea groups is 1. The third-order valence-electron chi connectivity index (χ3n) is 7.11. The second kappa shape index (κ2) is 9.95. The second-order valence-electron chi connectivity index (χ2n) is 9.54. The summed E-state index contributed by atoms with van der Waals surface area (Å²) in [4.78, 5) is 44.9. The molecule has 0 N–H and O–H groups in total. The van der Waals surface area contributed by atoms with E-state index >= 15 is 0 Å². The van der Waals surface area contributed by atoms with Crippen LogP contribution < -0.4 is 4.90 Å². The first-order chi connectivity index (χ1) is 18.8. The third-order valence-corrected chi connectivity index (χ3v) is 7.98. The number of carbonyl (C=O) groups is 3. The van der Waals surface area contributed by atoms with Crippen molar-refractivity contribution >= 4 is 34.9 Å². The summed E-state index contributed by atoms with van der Waals surface area (Å²) < 4.78 is 80.0. The van der Waals surface area contributed by atoms with Gasteiger partial charge in [0.25, 0.3) is 11.8 Å². The van der Waals surface area contributed by atoms with E-state index in [0.29, 0.717) is 17.8 Å². The number of alkyl halides is 6. The first kappa shape index (κ1) is 27.7. The van der Waals surface area contributed by atoms with Crippen molar-refractivity contribution in [3.05, 3.63) is 87.6 Å². The molecule has 2 aliphatic rings. The lowest BCUT2D eigenvalue weighted by Gasteiger charge is -2.42. The summed E-state index contributed by atoms with van der Waals surface area (Å²) in [6.45, 7) is -0.273. The number of halogens is 6. The average molecular weight is 582 g/mol. The number of nitrogens with zero attached hydrogens (tertiary/aromatic N) is 3. The second-order valence-corrected chi connectivity index (χ2v) is 10.6. The normalized spacial score (nSPS) is 17.7. The molecule has 1 spiro atoms. The van der Waals surface area contributed by atoms with Gasteiger partial charge in [-0.2, -0.15) is 26.3 Å². The number of amides is 4. The number of thiophene rings is 1. The fourth-order valence-corrected chi connectivity index (χ4v) is 5.84. The maximum atomic E-state index is 13.8. The van der Waals surface area contributed by atoms with Gasteiger partial charge < -0.3 is 4.90 Å². The summed E-state index contributed by atoms with van der Waals surface area (Å²) in [6.07, 6.45) is -10.3. The van der Waals surface area contributed by atoms with E-state index in [2.05, 4.69) is 0 Å². The zero-order valence-corrected chi connectivity index (χ0v) is 21.4. The van der Waals surface area contributed by atoms with Crippen LogP contribution in [0.4, 0.5) is 36.8 Å². The van der Waals surface area contributed by atoms with Gasteiger partial charge in [-0.25, -0.2) is 4.79 Å². The number of hydrogen-bond acceptors (Lipinski definition) is 4. The fraction of sp³-hybridized carbons (Fsp3) is 0.296. The molecule has 1 aromatic heterocycles. The molecule has 0 radical (unpaired) electrons. The molecule has 2 fully saturated rings. The molecule has 3 aromatic rings. The van der Waals surface area contributed by atoms with Crippen LogP contribution in [0.2, 0.25) is 0 Å². The molecule has 40 heavy (non-hydrogen) atoms. The molecule has 2 aromatic carbocycles. The van der Waals surface area contributed by atoms with Crippen molar-refractivity contribution in [2.75, 3.05) is 18.0 Å². The molecule has 2 saturated heterocycles. The minimum Gasteiger partial charge on any atom is -0.338 e. The highest BCUT2D eigenvalue weighted by Crippen LogP contribution is 2.42. The van der Waals surface area contributed by atoms with Crippen LogP contribution >= 0.6 is 11.3 Å². The number of imide groups is 1. The SMILES string of the molecule is O=C(c1cc(C(F)(F)F)cc(C(F)(F)F)c1)N1CCC2(CC1)C(=O)N(Cc1cccs1)C(=O)N2c1ccccc1. The Hall–Kier alpha value is -3.87. The Labute approximate surface area is 228 Å². The topological polar surface area (TPSA) is 60.9 Å². The molecule has 6 nitrogen and oxygen atoms in total. The van der Waals surface area contributed by atoms with E-state index in [9.17, 15) is 40.7 Å². The molecule has 4 amide bonds. The summed E-state index contributed by atoms with van der Waals surface area (Å²) >= 11 is 1.38. The molecule has 3 heterocycles. The Bertz CT molecular complexity index is 1400. The van der Waals surface area contributed by atoms with Gasteiger partial charge in [0.05, 0.1) is 17.7 Å². The van der Waals surface area contributed by atoms with E-state index in [4.69, 9.17) is 0 Å². The quantitative estimate of drug-likeness (QED) is 0.264. The average Bonchev–Trinajstić information content (AvgIpc) is 3.50. The number of likely N-dealkylation sites (tertiary alicyclic amines) is 1. The number of piperidine rings is 1. The smallest absolute Gasteiger partial charge is 0.338 e. The number of carbonyl (C=O) groups excluding carboxylic acids is 3. The Morgan fingerprint density at radius 2 is 1.45 bits per heavy atom. The summed E-state index contributed by atoms with van der Waals surface area (Å²) in [7, 11) is 0. The van der Waals surface area contributed by atoms with Gasteiger partial charge in [0.2, 0.25) is 0 Å². The number of anilines is 1. The monoisotopic (exact) mass is 581 g/mol. The van der Waals surface area contributed by atoms with E-state index in [1.54, 1.807) is 42.5 Å². The molecular formula is C27H21F6N3O3S. The van der Waals surface area contributed by atoms with Crippen molar-refractivity contribution in [3.8, 4) is 0 Å². The summed E-state index contributed by atoms with van der Waals surface area (Å²) in [5.41, 5.74) is -4.84. The Morgan fingerprint density at radius 1 is 0.850 bits per heavy atom. The van der Waals surface area contributed by atoms with Gasteiger partial charge in [-0.1, -0.05) is 24.3 Å². The van der Waals surface area contributed by atoms with Crippen LogP contribution in [0, 0.1) is 0 Å². The maximum Gasteiger partial charge on any atom is 0.416 e. The van der Waals surface area contributed by atoms with Crippen LogP contribution in [0.1, 0.15) is 39.2 Å². The van der Waals surface area contributed by atoms with E-state index < -0.39 is 52.4 Å². The lowest BCUT2D eigenvalue weighted by Crippen LogP contribution is -2.57. The number of rotatable bonds is 4. The third kappa shape index (κ3) is 4.93. The predicted molar refractivity (Wildman–Crippen MR) is 134 cm³/mol. The Morgan fingerprint density at radius 3 is 1.98 bits per heavy atom. The standard InChI is InChI=1S/C27H21F6N3O3S/c28-26(29,30)18-13-17(14-19(15-18)27(31,32)33)22(37)34-10-8-25(9-11-34)23(38)35(16-21-7-4-12-40-21)24(39)36(25)20-5-2-1-3-6-20/h1-7,12-15H,8-11,16H2. The maximum absolute atomic E-state index is 13.8. The fourth-order valence-electron chi connectivity index (χ4n) is 5.15. The minimum absolute atomic E-state index is 0.0370. The van der Waals surface area contributed by atoms with Crippen molar-refractivity contribution < 1.29 is 40.7 Å². The van der Waals surface area contributed by atoms with Gasteiger partial charge in [0.15, 0.2) is 0 Å². The molecule has 0 atom stereocenters. The molecule has 0 unspecified atom stereocenters. The molecular weight excluding hydrogens is 560 g/mol. The van der Waals surface area contributed by atoms with E-state index in [-0.39, 0.29) is 38.5 Å². The molecule has 2 aliphatic heterocycles. The number of hydrogen-bond donors (Lipinski definition) is 0. The van der Waals surface area contributed by atoms with E-state index in [1.807, 2.05) is 5.38 Å². The first-order valence-corrected chi connectivity index (χ1v) is 13.0. The first-order valence-electron chi connectivity index (χ1n) is 12.1. The van der Waals surface area contributed by atoms with Crippen molar-refractivity contribution in [1.29, 1.82) is 0 Å². The van der Waals surface area contributed by atoms with E-state index in [1.165, 1.54) is 16.2 Å². The highest BCUT2D eigenvalue weighted by molar-refractivity contribution is 7.09. The molecule has 0 aliphatic carbocycles. The van der Waals surface area contributed by atoms with Crippen LogP contribution in [-0.2, 0) is 23.7 Å². The molecule has 13 heteroatoms. The van der Waals surface area contributed by atoms with Crippen LogP contribution in [0.3, 0.4) is 0 Å². The minimum atomic E-state index is -5.10. The van der Waals surface area contributed by atoms with Gasteiger partial charge in [-0.3, -0.25) is 19.4 Å². The zero-order chi connectivity index (χ0) is 28.9. The van der Waals surface area contributed by atoms with Crippen LogP contribution in [-0.4, -0.2) is 46.3 Å². The van der Waals surface area contributed by atoms with Gasteiger partial charge in [0, 0.05) is 29.2 Å². The van der Waals surface area contributed by atoms with Gasteiger partial charge in [-0.05, 0) is 54.6 Å².